The molecule has 0 bridgehead atoms. The van der Waals surface area contributed by atoms with E-state index in [-0.39, 0.29) is 11.5 Å². The predicted molar refractivity (Wildman–Crippen MR) is 80.7 cm³/mol. The lowest BCUT2D eigenvalue weighted by atomic mass is 9.99. The summed E-state index contributed by atoms with van der Waals surface area (Å²) >= 11 is 0. The number of anilines is 1. The van der Waals surface area contributed by atoms with Crippen LogP contribution in [0.3, 0.4) is 0 Å². The minimum Gasteiger partial charge on any atom is -0.370 e. The van der Waals surface area contributed by atoms with Crippen LogP contribution >= 0.6 is 0 Å². The molecule has 0 fully saturated rings. The van der Waals surface area contributed by atoms with E-state index >= 15 is 0 Å². The van der Waals surface area contributed by atoms with Gasteiger partial charge in [0.1, 0.15) is 11.6 Å². The molecular weight excluding hydrogens is 238 g/mol. The summed E-state index contributed by atoms with van der Waals surface area (Å²) in [6.45, 7) is 9.38. The van der Waals surface area contributed by atoms with Gasteiger partial charge in [0.05, 0.1) is 0 Å². The largest absolute Gasteiger partial charge is 0.370 e. The van der Waals surface area contributed by atoms with Crippen molar-refractivity contribution >= 4 is 5.82 Å². The summed E-state index contributed by atoms with van der Waals surface area (Å²) in [7, 11) is 0. The van der Waals surface area contributed by atoms with Crippen LogP contribution in [-0.2, 0) is 0 Å². The Bertz CT molecular complexity index is 426. The standard InChI is InChI=1S/C15H27N3O/c1-5-7-8-12(6-2)10-16-13-9-14(19)18-15(17-13)11(3)4/h9,11-12H,5-8,10H2,1-4H3,(H2,16,17,18,19). The molecule has 1 aromatic heterocycles. The summed E-state index contributed by atoms with van der Waals surface area (Å²) in [5, 5.41) is 3.31. The molecule has 0 saturated heterocycles. The second kappa shape index (κ2) is 7.97. The van der Waals surface area contributed by atoms with Crippen molar-refractivity contribution in [3.05, 3.63) is 22.2 Å². The molecule has 0 aliphatic heterocycles. The third-order valence-corrected chi connectivity index (χ3v) is 3.42. The molecule has 2 N–H and O–H groups in total. The van der Waals surface area contributed by atoms with Gasteiger partial charge in [-0.1, -0.05) is 47.0 Å². The molecule has 0 amide bonds. The number of aromatic amines is 1. The van der Waals surface area contributed by atoms with Crippen LogP contribution in [0.4, 0.5) is 5.82 Å². The van der Waals surface area contributed by atoms with E-state index in [0.717, 1.165) is 18.8 Å². The number of H-pyrrole nitrogens is 1. The zero-order chi connectivity index (χ0) is 14.3. The Morgan fingerprint density at radius 1 is 1.37 bits per heavy atom. The van der Waals surface area contributed by atoms with Gasteiger partial charge in [-0.2, -0.15) is 0 Å². The maximum atomic E-state index is 11.6. The van der Waals surface area contributed by atoms with Crippen LogP contribution in [0.1, 0.15) is 65.1 Å². The molecule has 0 aliphatic rings. The van der Waals surface area contributed by atoms with Crippen molar-refractivity contribution in [2.45, 2.75) is 59.3 Å². The van der Waals surface area contributed by atoms with E-state index in [2.05, 4.69) is 29.1 Å². The normalized spacial score (nSPS) is 12.7. The number of nitrogens with one attached hydrogen (secondary N) is 2. The van der Waals surface area contributed by atoms with Gasteiger partial charge in [-0.25, -0.2) is 4.98 Å². The molecule has 1 unspecified atom stereocenters. The molecule has 108 valence electrons. The molecule has 0 aliphatic carbocycles. The van der Waals surface area contributed by atoms with Crippen molar-refractivity contribution in [2.75, 3.05) is 11.9 Å². The van der Waals surface area contributed by atoms with E-state index in [0.29, 0.717) is 11.7 Å². The topological polar surface area (TPSA) is 57.8 Å². The summed E-state index contributed by atoms with van der Waals surface area (Å²) in [6.07, 6.45) is 4.89. The lowest BCUT2D eigenvalue weighted by Crippen LogP contribution is -2.18. The van der Waals surface area contributed by atoms with Gasteiger partial charge in [0, 0.05) is 18.5 Å². The Kier molecular flexibility index (Phi) is 6.60. The molecule has 0 saturated carbocycles. The molecule has 1 atom stereocenters. The summed E-state index contributed by atoms with van der Waals surface area (Å²) in [4.78, 5) is 18.8. The van der Waals surface area contributed by atoms with Gasteiger partial charge in [0.2, 0.25) is 0 Å². The lowest BCUT2D eigenvalue weighted by molar-refractivity contribution is 0.472. The van der Waals surface area contributed by atoms with E-state index in [1.807, 2.05) is 13.8 Å². The van der Waals surface area contributed by atoms with Crippen molar-refractivity contribution in [3.63, 3.8) is 0 Å². The monoisotopic (exact) mass is 265 g/mol. The number of hydrogen-bond donors (Lipinski definition) is 2. The van der Waals surface area contributed by atoms with Gasteiger partial charge in [0.15, 0.2) is 0 Å². The Balaban J connectivity index is 2.63. The van der Waals surface area contributed by atoms with Crippen LogP contribution in [-0.4, -0.2) is 16.5 Å². The van der Waals surface area contributed by atoms with Crippen molar-refractivity contribution in [1.29, 1.82) is 0 Å². The quantitative estimate of drug-likeness (QED) is 0.756. The highest BCUT2D eigenvalue weighted by Gasteiger charge is 2.08. The van der Waals surface area contributed by atoms with E-state index in [9.17, 15) is 4.79 Å². The maximum absolute atomic E-state index is 11.6. The summed E-state index contributed by atoms with van der Waals surface area (Å²) in [6, 6.07) is 1.54. The summed E-state index contributed by atoms with van der Waals surface area (Å²) < 4.78 is 0. The highest BCUT2D eigenvalue weighted by atomic mass is 16.1. The van der Waals surface area contributed by atoms with E-state index in [1.54, 1.807) is 6.07 Å². The second-order valence-electron chi connectivity index (χ2n) is 5.47. The van der Waals surface area contributed by atoms with Gasteiger partial charge >= 0.3 is 0 Å². The van der Waals surface area contributed by atoms with Crippen molar-refractivity contribution < 1.29 is 0 Å². The Morgan fingerprint density at radius 2 is 2.11 bits per heavy atom. The molecule has 4 heteroatoms. The van der Waals surface area contributed by atoms with Gasteiger partial charge < -0.3 is 10.3 Å². The van der Waals surface area contributed by atoms with Crippen molar-refractivity contribution in [3.8, 4) is 0 Å². The molecular formula is C15H27N3O. The van der Waals surface area contributed by atoms with Gasteiger partial charge in [0.25, 0.3) is 5.56 Å². The molecule has 1 heterocycles. The van der Waals surface area contributed by atoms with E-state index in [4.69, 9.17) is 0 Å². The average Bonchev–Trinajstić information content (AvgIpc) is 2.38. The SMILES string of the molecule is CCCCC(CC)CNc1cc(=O)[nH]c(C(C)C)n1. The fourth-order valence-electron chi connectivity index (χ4n) is 2.03. The molecule has 1 aromatic rings. The van der Waals surface area contributed by atoms with Gasteiger partial charge in [-0.15, -0.1) is 0 Å². The number of unbranched alkanes of at least 4 members (excludes halogenated alkanes) is 1. The first-order valence-electron chi connectivity index (χ1n) is 7.41. The van der Waals surface area contributed by atoms with Crippen molar-refractivity contribution in [2.24, 2.45) is 5.92 Å². The third-order valence-electron chi connectivity index (χ3n) is 3.42. The minimum absolute atomic E-state index is 0.0807. The number of aromatic nitrogens is 2. The fourth-order valence-corrected chi connectivity index (χ4v) is 2.03. The highest BCUT2D eigenvalue weighted by Crippen LogP contribution is 2.14. The zero-order valence-electron chi connectivity index (χ0n) is 12.6. The van der Waals surface area contributed by atoms with Gasteiger partial charge in [-0.05, 0) is 12.3 Å². The predicted octanol–water partition coefficient (Wildman–Crippen LogP) is 3.52. The Hall–Kier alpha value is -1.32. The molecule has 1 rings (SSSR count). The summed E-state index contributed by atoms with van der Waals surface area (Å²) in [5.41, 5.74) is -0.0807. The van der Waals surface area contributed by atoms with Crippen molar-refractivity contribution in [1.82, 2.24) is 9.97 Å². The number of rotatable bonds is 8. The van der Waals surface area contributed by atoms with Crippen LogP contribution in [0.5, 0.6) is 0 Å². The van der Waals surface area contributed by atoms with Crippen LogP contribution < -0.4 is 10.9 Å². The average molecular weight is 265 g/mol. The molecule has 0 spiro atoms. The van der Waals surface area contributed by atoms with Gasteiger partial charge in [-0.3, -0.25) is 4.79 Å². The third kappa shape index (κ3) is 5.45. The fraction of sp³-hybridized carbons (Fsp3) is 0.733. The van der Waals surface area contributed by atoms with Crippen LogP contribution in [0.2, 0.25) is 0 Å². The number of nitrogens with zero attached hydrogens (tertiary/aromatic N) is 1. The number of hydrogen-bond acceptors (Lipinski definition) is 3. The maximum Gasteiger partial charge on any atom is 0.252 e. The summed E-state index contributed by atoms with van der Waals surface area (Å²) in [5.74, 6) is 2.33. The lowest BCUT2D eigenvalue weighted by Gasteiger charge is -2.16. The first-order chi connectivity index (χ1) is 9.06. The first-order valence-corrected chi connectivity index (χ1v) is 7.41. The smallest absolute Gasteiger partial charge is 0.252 e. The second-order valence-corrected chi connectivity index (χ2v) is 5.47. The first kappa shape index (κ1) is 15.7. The Labute approximate surface area is 116 Å². The minimum atomic E-state index is -0.0807. The van der Waals surface area contributed by atoms with Crippen LogP contribution in [0.15, 0.2) is 10.9 Å². The molecule has 0 radical (unpaired) electrons. The van der Waals surface area contributed by atoms with Crippen LogP contribution in [0.25, 0.3) is 0 Å². The zero-order valence-corrected chi connectivity index (χ0v) is 12.6. The molecule has 0 aromatic carbocycles. The van der Waals surface area contributed by atoms with Crippen LogP contribution in [0, 0.1) is 5.92 Å². The van der Waals surface area contributed by atoms with E-state index < -0.39 is 0 Å². The highest BCUT2D eigenvalue weighted by molar-refractivity contribution is 5.33. The Morgan fingerprint density at radius 3 is 2.68 bits per heavy atom. The van der Waals surface area contributed by atoms with E-state index in [1.165, 1.54) is 19.3 Å². The molecule has 4 nitrogen and oxygen atoms in total. The molecule has 19 heavy (non-hydrogen) atoms.